The van der Waals surface area contributed by atoms with Crippen LogP contribution in [0, 0.1) is 0 Å². The zero-order valence-corrected chi connectivity index (χ0v) is 8.77. The van der Waals surface area contributed by atoms with E-state index in [1.807, 2.05) is 29.7 Å². The molecule has 0 unspecified atom stereocenters. The quantitative estimate of drug-likeness (QED) is 0.278. The molecular formula is C11H13N3O2. The van der Waals surface area contributed by atoms with Gasteiger partial charge in [-0.05, 0) is 24.5 Å². The number of para-hydroxylation sites is 1. The molecule has 0 atom stereocenters. The summed E-state index contributed by atoms with van der Waals surface area (Å²) in [6.45, 7) is 0.559. The minimum absolute atomic E-state index is 0.559. The van der Waals surface area contributed by atoms with Crippen LogP contribution in [0.4, 0.5) is 5.69 Å². The second kappa shape index (κ2) is 4.32. The highest BCUT2D eigenvalue weighted by Gasteiger charge is 2.26. The predicted octanol–water partition coefficient (Wildman–Crippen LogP) is -0.0443. The van der Waals surface area contributed by atoms with Gasteiger partial charge in [-0.1, -0.05) is 18.2 Å². The van der Waals surface area contributed by atoms with Gasteiger partial charge in [0.25, 0.3) is 0 Å². The highest BCUT2D eigenvalue weighted by atomic mass is 16.2. The fourth-order valence-corrected chi connectivity index (χ4v) is 1.93. The number of rotatable bonds is 0. The predicted molar refractivity (Wildman–Crippen MR) is 59.4 cm³/mol. The SMILES string of the molecule is NNC(=O)C(=O)N1CCCc2ccccc21. The van der Waals surface area contributed by atoms with E-state index in [0.29, 0.717) is 6.54 Å². The van der Waals surface area contributed by atoms with Crippen molar-refractivity contribution in [2.24, 2.45) is 5.84 Å². The number of amides is 2. The van der Waals surface area contributed by atoms with Gasteiger partial charge in [-0.3, -0.25) is 15.0 Å². The molecule has 1 heterocycles. The zero-order valence-electron chi connectivity index (χ0n) is 8.77. The van der Waals surface area contributed by atoms with E-state index in [4.69, 9.17) is 5.84 Å². The van der Waals surface area contributed by atoms with E-state index in [2.05, 4.69) is 0 Å². The molecule has 0 radical (unpaired) electrons. The third-order valence-electron chi connectivity index (χ3n) is 2.68. The molecule has 5 nitrogen and oxygen atoms in total. The monoisotopic (exact) mass is 219 g/mol. The third kappa shape index (κ3) is 1.77. The molecule has 2 amide bonds. The lowest BCUT2D eigenvalue weighted by molar-refractivity contribution is -0.137. The van der Waals surface area contributed by atoms with Gasteiger partial charge in [0.2, 0.25) is 0 Å². The molecule has 16 heavy (non-hydrogen) atoms. The largest absolute Gasteiger partial charge is 0.323 e. The molecule has 5 heteroatoms. The number of hydrogen-bond donors (Lipinski definition) is 2. The van der Waals surface area contributed by atoms with E-state index in [1.54, 1.807) is 0 Å². The number of fused-ring (bicyclic) bond motifs is 1. The number of nitrogens with zero attached hydrogens (tertiary/aromatic N) is 1. The van der Waals surface area contributed by atoms with Crippen LogP contribution in [0.1, 0.15) is 12.0 Å². The molecule has 1 aliphatic rings. The molecule has 1 aliphatic heterocycles. The molecule has 0 saturated carbocycles. The molecule has 0 saturated heterocycles. The summed E-state index contributed by atoms with van der Waals surface area (Å²) in [4.78, 5) is 24.4. The van der Waals surface area contributed by atoms with Crippen LogP contribution < -0.4 is 16.2 Å². The summed E-state index contributed by atoms with van der Waals surface area (Å²) in [6.07, 6.45) is 1.80. The summed E-state index contributed by atoms with van der Waals surface area (Å²) in [7, 11) is 0. The maximum Gasteiger partial charge on any atom is 0.323 e. The molecule has 3 N–H and O–H groups in total. The highest BCUT2D eigenvalue weighted by molar-refractivity contribution is 6.40. The lowest BCUT2D eigenvalue weighted by atomic mass is 10.0. The Labute approximate surface area is 93.2 Å². The van der Waals surface area contributed by atoms with Crippen LogP contribution in [0.3, 0.4) is 0 Å². The maximum absolute atomic E-state index is 11.7. The Bertz CT molecular complexity index is 431. The number of hydrogen-bond acceptors (Lipinski definition) is 3. The number of nitrogens with two attached hydrogens (primary N) is 1. The average Bonchev–Trinajstić information content (AvgIpc) is 2.36. The van der Waals surface area contributed by atoms with Gasteiger partial charge in [0.05, 0.1) is 0 Å². The number of benzene rings is 1. The Morgan fingerprint density at radius 1 is 1.31 bits per heavy atom. The number of carbonyl (C=O) groups excluding carboxylic acids is 2. The minimum atomic E-state index is -0.781. The van der Waals surface area contributed by atoms with Gasteiger partial charge in [-0.2, -0.15) is 0 Å². The first kappa shape index (κ1) is 10.6. The smallest absolute Gasteiger partial charge is 0.304 e. The van der Waals surface area contributed by atoms with Crippen molar-refractivity contribution >= 4 is 17.5 Å². The van der Waals surface area contributed by atoms with Crippen molar-refractivity contribution < 1.29 is 9.59 Å². The zero-order chi connectivity index (χ0) is 11.5. The number of aryl methyl sites for hydroxylation is 1. The lowest BCUT2D eigenvalue weighted by Crippen LogP contribution is -2.47. The molecule has 2 rings (SSSR count). The molecule has 0 spiro atoms. The van der Waals surface area contributed by atoms with E-state index in [1.165, 1.54) is 4.90 Å². The van der Waals surface area contributed by atoms with Crippen LogP contribution in [0.2, 0.25) is 0 Å². The van der Waals surface area contributed by atoms with E-state index in [-0.39, 0.29) is 0 Å². The van der Waals surface area contributed by atoms with Crippen molar-refractivity contribution in [2.75, 3.05) is 11.4 Å². The molecule has 1 aromatic rings. The average molecular weight is 219 g/mol. The maximum atomic E-state index is 11.7. The van der Waals surface area contributed by atoms with Crippen LogP contribution in [0.25, 0.3) is 0 Å². The number of anilines is 1. The second-order valence-corrected chi connectivity index (χ2v) is 3.66. The van der Waals surface area contributed by atoms with Gasteiger partial charge in [-0.25, -0.2) is 5.84 Å². The standard InChI is InChI=1S/C11H13N3O2/c12-13-10(15)11(16)14-7-3-5-8-4-1-2-6-9(8)14/h1-2,4,6H,3,5,7,12H2,(H,13,15). The molecule has 84 valence electrons. The van der Waals surface area contributed by atoms with Crippen LogP contribution in [-0.4, -0.2) is 18.4 Å². The van der Waals surface area contributed by atoms with E-state index >= 15 is 0 Å². The van der Waals surface area contributed by atoms with E-state index in [9.17, 15) is 9.59 Å². The van der Waals surface area contributed by atoms with Gasteiger partial charge in [-0.15, -0.1) is 0 Å². The first-order chi connectivity index (χ1) is 7.74. The third-order valence-corrected chi connectivity index (χ3v) is 2.68. The fraction of sp³-hybridized carbons (Fsp3) is 0.273. The normalized spacial score (nSPS) is 14.2. The summed E-state index contributed by atoms with van der Waals surface area (Å²) in [5.74, 6) is 3.57. The Hall–Kier alpha value is -1.88. The van der Waals surface area contributed by atoms with Crippen molar-refractivity contribution in [1.29, 1.82) is 0 Å². The van der Waals surface area contributed by atoms with Crippen molar-refractivity contribution in [3.8, 4) is 0 Å². The van der Waals surface area contributed by atoms with Gasteiger partial charge in [0.1, 0.15) is 0 Å². The number of nitrogens with one attached hydrogen (secondary N) is 1. The minimum Gasteiger partial charge on any atom is -0.304 e. The first-order valence-corrected chi connectivity index (χ1v) is 5.14. The van der Waals surface area contributed by atoms with Crippen LogP contribution >= 0.6 is 0 Å². The molecule has 0 aliphatic carbocycles. The highest BCUT2D eigenvalue weighted by Crippen LogP contribution is 2.26. The van der Waals surface area contributed by atoms with Crippen molar-refractivity contribution in [2.45, 2.75) is 12.8 Å². The van der Waals surface area contributed by atoms with Crippen molar-refractivity contribution in [3.63, 3.8) is 0 Å². The molecule has 0 fully saturated rings. The van der Waals surface area contributed by atoms with Crippen LogP contribution in [-0.2, 0) is 16.0 Å². The van der Waals surface area contributed by atoms with E-state index in [0.717, 1.165) is 24.1 Å². The molecular weight excluding hydrogens is 206 g/mol. The van der Waals surface area contributed by atoms with Crippen LogP contribution in [0.15, 0.2) is 24.3 Å². The van der Waals surface area contributed by atoms with Gasteiger partial charge in [0.15, 0.2) is 0 Å². The molecule has 1 aromatic carbocycles. The summed E-state index contributed by atoms with van der Waals surface area (Å²) < 4.78 is 0. The summed E-state index contributed by atoms with van der Waals surface area (Å²) in [5.41, 5.74) is 3.76. The second-order valence-electron chi connectivity index (χ2n) is 3.66. The lowest BCUT2D eigenvalue weighted by Gasteiger charge is -2.28. The first-order valence-electron chi connectivity index (χ1n) is 5.14. The number of carbonyl (C=O) groups is 2. The summed E-state index contributed by atoms with van der Waals surface area (Å²) in [5, 5.41) is 0. The molecule has 0 bridgehead atoms. The Balaban J connectivity index is 2.32. The van der Waals surface area contributed by atoms with Gasteiger partial charge in [0, 0.05) is 12.2 Å². The Morgan fingerprint density at radius 2 is 2.06 bits per heavy atom. The summed E-state index contributed by atoms with van der Waals surface area (Å²) >= 11 is 0. The summed E-state index contributed by atoms with van der Waals surface area (Å²) in [6, 6.07) is 7.59. The van der Waals surface area contributed by atoms with Crippen molar-refractivity contribution in [1.82, 2.24) is 5.43 Å². The van der Waals surface area contributed by atoms with Gasteiger partial charge >= 0.3 is 11.8 Å². The van der Waals surface area contributed by atoms with Gasteiger partial charge < -0.3 is 4.90 Å². The van der Waals surface area contributed by atoms with E-state index < -0.39 is 11.8 Å². The Morgan fingerprint density at radius 3 is 2.81 bits per heavy atom. The Kier molecular flexibility index (Phi) is 2.87. The molecule has 0 aromatic heterocycles. The van der Waals surface area contributed by atoms with Crippen molar-refractivity contribution in [3.05, 3.63) is 29.8 Å². The van der Waals surface area contributed by atoms with Crippen LogP contribution in [0.5, 0.6) is 0 Å². The number of hydrazine groups is 1. The topological polar surface area (TPSA) is 75.4 Å². The fourth-order valence-electron chi connectivity index (χ4n) is 1.93.